The van der Waals surface area contributed by atoms with Crippen LogP contribution in [0.2, 0.25) is 0 Å². The molecule has 6 heteroatoms. The van der Waals surface area contributed by atoms with Gasteiger partial charge in [-0.2, -0.15) is 0 Å². The van der Waals surface area contributed by atoms with Crippen molar-refractivity contribution in [3.63, 3.8) is 0 Å². The van der Waals surface area contributed by atoms with Crippen molar-refractivity contribution in [2.24, 2.45) is 0 Å². The molecule has 1 heterocycles. The molecule has 1 aromatic heterocycles. The van der Waals surface area contributed by atoms with E-state index < -0.39 is 0 Å². The second kappa shape index (κ2) is 10.7. The summed E-state index contributed by atoms with van der Waals surface area (Å²) in [5.74, 6) is 0.896. The fourth-order valence-electron chi connectivity index (χ4n) is 4.02. The highest BCUT2D eigenvalue weighted by atomic mass is 32.2. The lowest BCUT2D eigenvalue weighted by Crippen LogP contribution is -2.32. The lowest BCUT2D eigenvalue weighted by Gasteiger charge is -2.15. The second-order valence-electron chi connectivity index (χ2n) is 8.05. The van der Waals surface area contributed by atoms with Crippen molar-refractivity contribution >= 4 is 28.7 Å². The van der Waals surface area contributed by atoms with Crippen LogP contribution in [0.25, 0.3) is 16.7 Å². The van der Waals surface area contributed by atoms with Crippen molar-refractivity contribution in [2.45, 2.75) is 56.4 Å². The van der Waals surface area contributed by atoms with Crippen LogP contribution in [0, 0.1) is 0 Å². The highest BCUT2D eigenvalue weighted by Gasteiger charge is 2.20. The van der Waals surface area contributed by atoms with Gasteiger partial charge in [0.05, 0.1) is 22.9 Å². The Morgan fingerprint density at radius 2 is 2.00 bits per heavy atom. The van der Waals surface area contributed by atoms with Crippen molar-refractivity contribution < 1.29 is 9.53 Å². The van der Waals surface area contributed by atoms with Gasteiger partial charge in [-0.1, -0.05) is 35.5 Å². The lowest BCUT2D eigenvalue weighted by atomic mass is 9.97. The maximum absolute atomic E-state index is 12.8. The van der Waals surface area contributed by atoms with Gasteiger partial charge in [0.25, 0.3) is 0 Å². The summed E-state index contributed by atoms with van der Waals surface area (Å²) in [6.07, 6.45) is 8.21. The zero-order valence-corrected chi connectivity index (χ0v) is 19.7. The number of hydrogen-bond donors (Lipinski definition) is 1. The SMILES string of the molecule is CCOc1ccc(-n2c(S[C@@H](C)C(=O)NCCC3=CCCCC3)nc3ccccc32)cc1. The standard InChI is InChI=1S/C26H31N3O2S/c1-3-31-22-15-13-21(14-16-22)29-24-12-8-7-11-23(24)28-26(29)32-19(2)25(30)27-18-17-20-9-5-4-6-10-20/h7-9,11-16,19H,3-6,10,17-18H2,1-2H3,(H,27,30)/t19-/m0/s1. The topological polar surface area (TPSA) is 56.1 Å². The van der Waals surface area contributed by atoms with Gasteiger partial charge in [-0.25, -0.2) is 4.98 Å². The molecule has 5 nitrogen and oxygen atoms in total. The van der Waals surface area contributed by atoms with E-state index in [1.165, 1.54) is 43.0 Å². The molecule has 3 aromatic rings. The van der Waals surface area contributed by atoms with Gasteiger partial charge in [0.1, 0.15) is 5.75 Å². The molecule has 168 valence electrons. The molecular formula is C26H31N3O2S. The highest BCUT2D eigenvalue weighted by molar-refractivity contribution is 8.00. The number of ether oxygens (including phenoxy) is 1. The number of amides is 1. The van der Waals surface area contributed by atoms with Crippen LogP contribution < -0.4 is 10.1 Å². The fourth-order valence-corrected chi connectivity index (χ4v) is 4.99. The molecule has 2 aromatic carbocycles. The summed E-state index contributed by atoms with van der Waals surface area (Å²) < 4.78 is 7.70. The summed E-state index contributed by atoms with van der Waals surface area (Å²) in [4.78, 5) is 17.6. The normalized spacial score (nSPS) is 14.8. The van der Waals surface area contributed by atoms with Crippen molar-refractivity contribution in [3.8, 4) is 11.4 Å². The summed E-state index contributed by atoms with van der Waals surface area (Å²) >= 11 is 1.49. The van der Waals surface area contributed by atoms with E-state index in [1.54, 1.807) is 0 Å². The Balaban J connectivity index is 1.48. The summed E-state index contributed by atoms with van der Waals surface area (Å²) in [7, 11) is 0. The van der Waals surface area contributed by atoms with Crippen LogP contribution in [-0.4, -0.2) is 33.9 Å². The van der Waals surface area contributed by atoms with Crippen molar-refractivity contribution in [2.75, 3.05) is 13.2 Å². The maximum Gasteiger partial charge on any atom is 0.233 e. The van der Waals surface area contributed by atoms with Crippen LogP contribution in [0.15, 0.2) is 65.3 Å². The summed E-state index contributed by atoms with van der Waals surface area (Å²) in [6, 6.07) is 16.1. The number of fused-ring (bicyclic) bond motifs is 1. The van der Waals surface area contributed by atoms with Gasteiger partial charge < -0.3 is 10.1 Å². The molecule has 1 N–H and O–H groups in total. The minimum absolute atomic E-state index is 0.0525. The fraction of sp³-hybridized carbons (Fsp3) is 0.385. The molecule has 0 saturated heterocycles. The molecule has 4 rings (SSSR count). The van der Waals surface area contributed by atoms with E-state index in [4.69, 9.17) is 9.72 Å². The maximum atomic E-state index is 12.8. The molecule has 1 aliphatic rings. The lowest BCUT2D eigenvalue weighted by molar-refractivity contribution is -0.120. The largest absolute Gasteiger partial charge is 0.494 e. The number of nitrogens with one attached hydrogen (secondary N) is 1. The Bertz CT molecular complexity index is 1090. The number of hydrogen-bond acceptors (Lipinski definition) is 4. The monoisotopic (exact) mass is 449 g/mol. The zero-order valence-electron chi connectivity index (χ0n) is 18.8. The van der Waals surface area contributed by atoms with Crippen LogP contribution in [0.1, 0.15) is 46.0 Å². The van der Waals surface area contributed by atoms with E-state index in [1.807, 2.05) is 56.3 Å². The molecule has 1 amide bonds. The van der Waals surface area contributed by atoms with E-state index in [9.17, 15) is 4.79 Å². The molecule has 0 aliphatic heterocycles. The summed E-state index contributed by atoms with van der Waals surface area (Å²) in [6.45, 7) is 5.26. The number of imidazole rings is 1. The Morgan fingerprint density at radius 1 is 1.19 bits per heavy atom. The number of benzene rings is 2. The van der Waals surface area contributed by atoms with Crippen molar-refractivity contribution in [3.05, 3.63) is 60.2 Å². The average Bonchev–Trinajstić information content (AvgIpc) is 3.18. The molecule has 0 fully saturated rings. The van der Waals surface area contributed by atoms with Gasteiger partial charge in [-0.3, -0.25) is 9.36 Å². The average molecular weight is 450 g/mol. The molecule has 0 saturated carbocycles. The molecule has 1 aliphatic carbocycles. The van der Waals surface area contributed by atoms with E-state index >= 15 is 0 Å². The zero-order chi connectivity index (χ0) is 22.3. The Hall–Kier alpha value is -2.73. The highest BCUT2D eigenvalue weighted by Crippen LogP contribution is 2.31. The first-order valence-electron chi connectivity index (χ1n) is 11.5. The van der Waals surface area contributed by atoms with Gasteiger partial charge in [0.2, 0.25) is 5.91 Å². The number of carbonyl (C=O) groups excluding carboxylic acids is 1. The Morgan fingerprint density at radius 3 is 2.75 bits per heavy atom. The third-order valence-corrected chi connectivity index (χ3v) is 6.77. The summed E-state index contributed by atoms with van der Waals surface area (Å²) in [5, 5.41) is 3.68. The first-order valence-corrected chi connectivity index (χ1v) is 12.4. The minimum Gasteiger partial charge on any atom is -0.494 e. The predicted molar refractivity (Wildman–Crippen MR) is 132 cm³/mol. The summed E-state index contributed by atoms with van der Waals surface area (Å²) in [5.41, 5.74) is 4.42. The quantitative estimate of drug-likeness (QED) is 0.326. The van der Waals surface area contributed by atoms with E-state index in [2.05, 4.69) is 22.0 Å². The third-order valence-electron chi connectivity index (χ3n) is 5.72. The number of nitrogens with zero attached hydrogens (tertiary/aromatic N) is 2. The molecule has 0 radical (unpaired) electrons. The smallest absolute Gasteiger partial charge is 0.233 e. The van der Waals surface area contributed by atoms with E-state index in [0.717, 1.165) is 34.0 Å². The van der Waals surface area contributed by atoms with Gasteiger partial charge in [-0.15, -0.1) is 0 Å². The van der Waals surface area contributed by atoms with Crippen molar-refractivity contribution in [1.82, 2.24) is 14.9 Å². The Labute approximate surface area is 194 Å². The van der Waals surface area contributed by atoms with Gasteiger partial charge in [0.15, 0.2) is 5.16 Å². The minimum atomic E-state index is -0.242. The number of para-hydroxylation sites is 2. The third kappa shape index (κ3) is 5.36. The van der Waals surface area contributed by atoms with Crippen LogP contribution in [0.4, 0.5) is 0 Å². The van der Waals surface area contributed by atoms with Crippen LogP contribution >= 0.6 is 11.8 Å². The molecular weight excluding hydrogens is 418 g/mol. The van der Waals surface area contributed by atoms with Gasteiger partial charge in [0, 0.05) is 12.2 Å². The van der Waals surface area contributed by atoms with E-state index in [-0.39, 0.29) is 11.2 Å². The first-order chi connectivity index (χ1) is 15.7. The van der Waals surface area contributed by atoms with Crippen molar-refractivity contribution in [1.29, 1.82) is 0 Å². The first kappa shape index (κ1) is 22.5. The van der Waals surface area contributed by atoms with Crippen LogP contribution in [0.3, 0.4) is 0 Å². The van der Waals surface area contributed by atoms with Crippen LogP contribution in [0.5, 0.6) is 5.75 Å². The van der Waals surface area contributed by atoms with Gasteiger partial charge >= 0.3 is 0 Å². The molecule has 0 bridgehead atoms. The van der Waals surface area contributed by atoms with Gasteiger partial charge in [-0.05, 0) is 82.3 Å². The second-order valence-corrected chi connectivity index (χ2v) is 9.36. The molecule has 0 spiro atoms. The number of thioether (sulfide) groups is 1. The molecule has 32 heavy (non-hydrogen) atoms. The van der Waals surface area contributed by atoms with Crippen LogP contribution in [-0.2, 0) is 4.79 Å². The van der Waals surface area contributed by atoms with E-state index in [0.29, 0.717) is 13.2 Å². The predicted octanol–water partition coefficient (Wildman–Crippen LogP) is 5.91. The number of carbonyl (C=O) groups is 1. The molecule has 0 unspecified atom stereocenters. The Kier molecular flexibility index (Phi) is 7.53. The number of aromatic nitrogens is 2. The molecule has 1 atom stereocenters. The number of rotatable bonds is 9. The number of allylic oxidation sites excluding steroid dienone is 1.